The highest BCUT2D eigenvalue weighted by Crippen LogP contribution is 2.31. The van der Waals surface area contributed by atoms with Crippen molar-refractivity contribution >= 4 is 21.8 Å². The van der Waals surface area contributed by atoms with E-state index in [1.807, 2.05) is 0 Å². The summed E-state index contributed by atoms with van der Waals surface area (Å²) in [6.45, 7) is 1.03. The Labute approximate surface area is 102 Å². The first-order valence-corrected chi connectivity index (χ1v) is 6.31. The Morgan fingerprint density at radius 1 is 1.50 bits per heavy atom. The number of carbonyl (C=O) groups is 1. The van der Waals surface area contributed by atoms with E-state index in [2.05, 4.69) is 26.6 Å². The minimum absolute atomic E-state index is 0.108. The number of furan rings is 1. The third-order valence-corrected chi connectivity index (χ3v) is 3.90. The molecule has 16 heavy (non-hydrogen) atoms. The van der Waals surface area contributed by atoms with Gasteiger partial charge in [0.25, 0.3) is 5.91 Å². The van der Waals surface area contributed by atoms with Crippen molar-refractivity contribution in [2.45, 2.75) is 24.9 Å². The van der Waals surface area contributed by atoms with Crippen molar-refractivity contribution in [1.82, 2.24) is 10.6 Å². The molecule has 1 aromatic rings. The zero-order chi connectivity index (χ0) is 11.1. The van der Waals surface area contributed by atoms with E-state index < -0.39 is 0 Å². The van der Waals surface area contributed by atoms with Gasteiger partial charge < -0.3 is 15.1 Å². The Bertz CT molecular complexity index is 418. The second-order valence-corrected chi connectivity index (χ2v) is 5.30. The van der Waals surface area contributed by atoms with Gasteiger partial charge in [-0.1, -0.05) is 0 Å². The van der Waals surface area contributed by atoms with E-state index >= 15 is 0 Å². The zero-order valence-corrected chi connectivity index (χ0v) is 10.3. The largest absolute Gasteiger partial charge is 0.444 e. The van der Waals surface area contributed by atoms with Crippen molar-refractivity contribution < 1.29 is 9.21 Å². The molecule has 0 radical (unpaired) electrons. The second-order valence-electron chi connectivity index (χ2n) is 4.52. The average molecular weight is 285 g/mol. The third-order valence-electron chi connectivity index (χ3n) is 3.48. The van der Waals surface area contributed by atoms with Gasteiger partial charge in [-0.3, -0.25) is 4.79 Å². The van der Waals surface area contributed by atoms with Crippen LogP contribution in [-0.4, -0.2) is 24.5 Å². The predicted molar refractivity (Wildman–Crippen MR) is 62.2 cm³/mol. The maximum Gasteiger partial charge on any atom is 0.287 e. The highest BCUT2D eigenvalue weighted by Gasteiger charge is 2.40. The van der Waals surface area contributed by atoms with Gasteiger partial charge >= 0.3 is 0 Å². The van der Waals surface area contributed by atoms with Gasteiger partial charge in [0, 0.05) is 18.6 Å². The minimum atomic E-state index is -0.108. The van der Waals surface area contributed by atoms with Gasteiger partial charge in [0.15, 0.2) is 10.4 Å². The van der Waals surface area contributed by atoms with Crippen molar-refractivity contribution in [3.8, 4) is 0 Å². The SMILES string of the molecule is O=C(NC1CC2CC1CN2)c1ccc(Br)o1. The fraction of sp³-hybridized carbons (Fsp3) is 0.545. The Balaban J connectivity index is 1.65. The molecule has 2 N–H and O–H groups in total. The van der Waals surface area contributed by atoms with Gasteiger partial charge in [0.2, 0.25) is 0 Å². The molecular formula is C11H13BrN2O2. The van der Waals surface area contributed by atoms with Crippen LogP contribution < -0.4 is 10.6 Å². The maximum absolute atomic E-state index is 11.8. The molecule has 1 amide bonds. The monoisotopic (exact) mass is 284 g/mol. The number of rotatable bonds is 2. The Kier molecular flexibility index (Phi) is 2.52. The van der Waals surface area contributed by atoms with Gasteiger partial charge in [-0.15, -0.1) is 0 Å². The molecular weight excluding hydrogens is 272 g/mol. The first kappa shape index (κ1) is 10.4. The Morgan fingerprint density at radius 2 is 2.38 bits per heavy atom. The molecule has 1 aliphatic carbocycles. The summed E-state index contributed by atoms with van der Waals surface area (Å²) >= 11 is 3.19. The lowest BCUT2D eigenvalue weighted by Crippen LogP contribution is -2.44. The van der Waals surface area contributed by atoms with Crippen molar-refractivity contribution in [2.75, 3.05) is 6.54 Å². The first-order valence-electron chi connectivity index (χ1n) is 5.52. The summed E-state index contributed by atoms with van der Waals surface area (Å²) in [5.74, 6) is 0.859. The molecule has 3 unspecified atom stereocenters. The number of halogens is 1. The maximum atomic E-state index is 11.8. The number of amides is 1. The summed E-state index contributed by atoms with van der Waals surface area (Å²) in [6, 6.07) is 4.32. The summed E-state index contributed by atoms with van der Waals surface area (Å²) in [4.78, 5) is 11.8. The van der Waals surface area contributed by atoms with Crippen LogP contribution in [0.4, 0.5) is 0 Å². The molecule has 86 valence electrons. The van der Waals surface area contributed by atoms with E-state index in [9.17, 15) is 4.79 Å². The van der Waals surface area contributed by atoms with Gasteiger partial charge in [0.1, 0.15) is 0 Å². The molecule has 0 aromatic carbocycles. The van der Waals surface area contributed by atoms with Crippen LogP contribution in [0.2, 0.25) is 0 Å². The molecule has 0 spiro atoms. The van der Waals surface area contributed by atoms with Crippen molar-refractivity contribution in [1.29, 1.82) is 0 Å². The molecule has 2 aliphatic rings. The summed E-state index contributed by atoms with van der Waals surface area (Å²) < 4.78 is 5.81. The smallest absolute Gasteiger partial charge is 0.287 e. The summed E-state index contributed by atoms with van der Waals surface area (Å²) in [7, 11) is 0. The molecule has 1 saturated heterocycles. The van der Waals surface area contributed by atoms with Crippen LogP contribution >= 0.6 is 15.9 Å². The highest BCUT2D eigenvalue weighted by molar-refractivity contribution is 9.10. The van der Waals surface area contributed by atoms with Crippen molar-refractivity contribution in [2.24, 2.45) is 5.92 Å². The molecule has 2 bridgehead atoms. The molecule has 3 rings (SSSR count). The molecule has 1 aromatic heterocycles. The number of hydrogen-bond acceptors (Lipinski definition) is 3. The fourth-order valence-electron chi connectivity index (χ4n) is 2.69. The molecule has 5 heteroatoms. The molecule has 1 saturated carbocycles. The van der Waals surface area contributed by atoms with E-state index in [1.165, 1.54) is 6.42 Å². The van der Waals surface area contributed by atoms with E-state index in [-0.39, 0.29) is 5.91 Å². The normalized spacial score (nSPS) is 31.9. The fourth-order valence-corrected chi connectivity index (χ4v) is 2.99. The highest BCUT2D eigenvalue weighted by atomic mass is 79.9. The van der Waals surface area contributed by atoms with Gasteiger partial charge in [0.05, 0.1) is 0 Å². The quantitative estimate of drug-likeness (QED) is 0.866. The van der Waals surface area contributed by atoms with E-state index in [4.69, 9.17) is 4.42 Å². The van der Waals surface area contributed by atoms with Crippen LogP contribution in [0.1, 0.15) is 23.4 Å². The van der Waals surface area contributed by atoms with Crippen molar-refractivity contribution in [3.63, 3.8) is 0 Å². The van der Waals surface area contributed by atoms with E-state index in [0.29, 0.717) is 28.4 Å². The van der Waals surface area contributed by atoms with Crippen LogP contribution in [0.25, 0.3) is 0 Å². The number of hydrogen-bond donors (Lipinski definition) is 2. The van der Waals surface area contributed by atoms with E-state index in [1.54, 1.807) is 12.1 Å². The van der Waals surface area contributed by atoms with E-state index in [0.717, 1.165) is 13.0 Å². The number of fused-ring (bicyclic) bond motifs is 2. The standard InChI is InChI=1S/C11H13BrN2O2/c12-10-2-1-9(16-10)11(15)14-8-4-7-3-6(8)5-13-7/h1-2,6-8,13H,3-5H2,(H,14,15). The van der Waals surface area contributed by atoms with Gasteiger partial charge in [-0.05, 0) is 46.8 Å². The summed E-state index contributed by atoms with van der Waals surface area (Å²) in [5, 5.41) is 6.47. The third kappa shape index (κ3) is 1.78. The number of carbonyl (C=O) groups excluding carboxylic acids is 1. The van der Waals surface area contributed by atoms with Crippen LogP contribution in [-0.2, 0) is 0 Å². The lowest BCUT2D eigenvalue weighted by molar-refractivity contribution is 0.0895. The summed E-state index contributed by atoms with van der Waals surface area (Å²) in [6.07, 6.45) is 2.23. The molecule has 2 heterocycles. The molecule has 3 atom stereocenters. The minimum Gasteiger partial charge on any atom is -0.444 e. The Morgan fingerprint density at radius 3 is 2.94 bits per heavy atom. The lowest BCUT2D eigenvalue weighted by atomic mass is 10.0. The van der Waals surface area contributed by atoms with Crippen LogP contribution in [0.3, 0.4) is 0 Å². The molecule has 4 nitrogen and oxygen atoms in total. The zero-order valence-electron chi connectivity index (χ0n) is 8.70. The molecule has 2 fully saturated rings. The first-order chi connectivity index (χ1) is 7.72. The van der Waals surface area contributed by atoms with Crippen molar-refractivity contribution in [3.05, 3.63) is 22.6 Å². The average Bonchev–Trinajstić information content (AvgIpc) is 2.92. The topological polar surface area (TPSA) is 54.3 Å². The van der Waals surface area contributed by atoms with Gasteiger partial charge in [-0.2, -0.15) is 0 Å². The Hall–Kier alpha value is -0.810. The lowest BCUT2D eigenvalue weighted by Gasteiger charge is -2.22. The van der Waals surface area contributed by atoms with Crippen LogP contribution in [0.5, 0.6) is 0 Å². The predicted octanol–water partition coefficient (Wildman–Crippen LogP) is 1.52. The number of piperidine rings is 1. The number of nitrogens with one attached hydrogen (secondary N) is 2. The van der Waals surface area contributed by atoms with Crippen LogP contribution in [0, 0.1) is 5.92 Å². The van der Waals surface area contributed by atoms with Crippen LogP contribution in [0.15, 0.2) is 21.2 Å². The second kappa shape index (κ2) is 3.89. The van der Waals surface area contributed by atoms with Gasteiger partial charge in [-0.25, -0.2) is 0 Å². The summed E-state index contributed by atoms with van der Waals surface area (Å²) in [5.41, 5.74) is 0. The molecule has 1 aliphatic heterocycles.